The van der Waals surface area contributed by atoms with Crippen molar-refractivity contribution < 1.29 is 31.8 Å². The van der Waals surface area contributed by atoms with Crippen LogP contribution in [-0.4, -0.2) is 51.0 Å². The molecule has 0 spiro atoms. The maximum Gasteiger partial charge on any atom is 0.340 e. The summed E-state index contributed by atoms with van der Waals surface area (Å²) in [5.41, 5.74) is -0.0417. The van der Waals surface area contributed by atoms with Crippen molar-refractivity contribution in [1.82, 2.24) is 4.31 Å². The first kappa shape index (κ1) is 21.7. The summed E-state index contributed by atoms with van der Waals surface area (Å²) in [5, 5.41) is 11.7. The van der Waals surface area contributed by atoms with Gasteiger partial charge in [-0.3, -0.25) is 0 Å². The van der Waals surface area contributed by atoms with E-state index in [-0.39, 0.29) is 34.9 Å². The van der Waals surface area contributed by atoms with Crippen LogP contribution in [0.15, 0.2) is 41.3 Å². The van der Waals surface area contributed by atoms with Crippen LogP contribution in [0.3, 0.4) is 0 Å². The quantitative estimate of drug-likeness (QED) is 0.642. The molecule has 7 nitrogen and oxygen atoms in total. The molecule has 0 aliphatic heterocycles. The molecule has 0 unspecified atom stereocenters. The second-order valence-electron chi connectivity index (χ2n) is 5.93. The molecule has 0 heterocycles. The Morgan fingerprint density at radius 1 is 1.21 bits per heavy atom. The average molecular weight is 414 g/mol. The molecule has 2 rings (SSSR count). The number of halogens is 2. The Labute approximate surface area is 161 Å². The van der Waals surface area contributed by atoms with E-state index in [0.717, 1.165) is 16.4 Å². The summed E-state index contributed by atoms with van der Waals surface area (Å²) >= 11 is 0. The molecule has 0 aliphatic carbocycles. The van der Waals surface area contributed by atoms with Crippen molar-refractivity contribution in [3.63, 3.8) is 0 Å². The first-order valence-electron chi connectivity index (χ1n) is 8.19. The molecule has 152 valence electrons. The van der Waals surface area contributed by atoms with Crippen LogP contribution in [0.2, 0.25) is 0 Å². The number of aliphatic hydroxyl groups excluding tert-OH is 1. The number of rotatable bonds is 8. The molecule has 0 saturated carbocycles. The predicted molar refractivity (Wildman–Crippen MR) is 98.4 cm³/mol. The van der Waals surface area contributed by atoms with Crippen molar-refractivity contribution in [2.75, 3.05) is 32.6 Å². The highest BCUT2D eigenvalue weighted by Gasteiger charge is 2.22. The van der Waals surface area contributed by atoms with Crippen molar-refractivity contribution in [2.45, 2.75) is 11.5 Å². The molecular formula is C18H20F2N2O5S. The number of hydrogen-bond acceptors (Lipinski definition) is 6. The van der Waals surface area contributed by atoms with Gasteiger partial charge < -0.3 is 15.2 Å². The minimum absolute atomic E-state index is 0.110. The molecule has 0 atom stereocenters. The number of nitrogens with zero attached hydrogens (tertiary/aromatic N) is 1. The minimum atomic E-state index is -3.81. The van der Waals surface area contributed by atoms with Crippen molar-refractivity contribution in [3.05, 3.63) is 59.2 Å². The molecular weight excluding hydrogens is 394 g/mol. The van der Waals surface area contributed by atoms with Gasteiger partial charge in [0.15, 0.2) is 11.6 Å². The molecule has 0 saturated heterocycles. The Bertz CT molecular complexity index is 964. The molecule has 2 N–H and O–H groups in total. The largest absolute Gasteiger partial charge is 0.457 e. The van der Waals surface area contributed by atoms with E-state index in [0.29, 0.717) is 0 Å². The van der Waals surface area contributed by atoms with Crippen LogP contribution >= 0.6 is 0 Å². The monoisotopic (exact) mass is 414 g/mol. The van der Waals surface area contributed by atoms with E-state index >= 15 is 0 Å². The van der Waals surface area contributed by atoms with Gasteiger partial charge in [-0.05, 0) is 24.3 Å². The third kappa shape index (κ3) is 4.83. The molecule has 2 aromatic carbocycles. The number of benzene rings is 2. The van der Waals surface area contributed by atoms with E-state index in [1.807, 2.05) is 0 Å². The van der Waals surface area contributed by atoms with Gasteiger partial charge in [0, 0.05) is 31.9 Å². The van der Waals surface area contributed by atoms with Crippen molar-refractivity contribution in [3.8, 4) is 0 Å². The Kier molecular flexibility index (Phi) is 7.05. The fraction of sp³-hybridized carbons (Fsp3) is 0.278. The third-order valence-electron chi connectivity index (χ3n) is 3.81. The van der Waals surface area contributed by atoms with E-state index in [2.05, 4.69) is 5.32 Å². The molecule has 0 radical (unpaired) electrons. The van der Waals surface area contributed by atoms with Crippen molar-refractivity contribution >= 4 is 21.7 Å². The van der Waals surface area contributed by atoms with Gasteiger partial charge in [0.05, 0.1) is 17.1 Å². The number of anilines is 1. The lowest BCUT2D eigenvalue weighted by Crippen LogP contribution is -2.23. The summed E-state index contributed by atoms with van der Waals surface area (Å²) in [6, 6.07) is 7.28. The lowest BCUT2D eigenvalue weighted by molar-refractivity contribution is 0.0469. The van der Waals surface area contributed by atoms with E-state index in [9.17, 15) is 22.0 Å². The second kappa shape index (κ2) is 9.09. The van der Waals surface area contributed by atoms with Gasteiger partial charge >= 0.3 is 5.97 Å². The number of ether oxygens (including phenoxy) is 1. The van der Waals surface area contributed by atoms with Gasteiger partial charge in [0.2, 0.25) is 10.0 Å². The highest BCUT2D eigenvalue weighted by Crippen LogP contribution is 2.24. The van der Waals surface area contributed by atoms with Crippen LogP contribution in [0.5, 0.6) is 0 Å². The van der Waals surface area contributed by atoms with Gasteiger partial charge in [0.25, 0.3) is 0 Å². The van der Waals surface area contributed by atoms with E-state index in [1.54, 1.807) is 0 Å². The Morgan fingerprint density at radius 3 is 2.57 bits per heavy atom. The SMILES string of the molecule is CN(C)S(=O)(=O)c1ccc(NCCO)c(C(=O)OCc2cccc(F)c2F)c1. The van der Waals surface area contributed by atoms with Crippen LogP contribution in [0.4, 0.5) is 14.5 Å². The zero-order chi connectivity index (χ0) is 20.9. The molecule has 0 aliphatic rings. The predicted octanol–water partition coefficient (Wildman–Crippen LogP) is 1.98. The fourth-order valence-corrected chi connectivity index (χ4v) is 3.22. The first-order chi connectivity index (χ1) is 13.2. The Morgan fingerprint density at radius 2 is 1.93 bits per heavy atom. The van der Waals surface area contributed by atoms with Gasteiger partial charge in [0.1, 0.15) is 6.61 Å². The van der Waals surface area contributed by atoms with E-state index in [4.69, 9.17) is 9.84 Å². The lowest BCUT2D eigenvalue weighted by Gasteiger charge is -2.15. The number of carbonyl (C=O) groups excluding carboxylic acids is 1. The lowest BCUT2D eigenvalue weighted by atomic mass is 10.1. The molecule has 0 aromatic heterocycles. The average Bonchev–Trinajstić information content (AvgIpc) is 2.66. The summed E-state index contributed by atoms with van der Waals surface area (Å²) in [5.74, 6) is -3.13. The summed E-state index contributed by atoms with van der Waals surface area (Å²) in [7, 11) is -1.12. The van der Waals surface area contributed by atoms with Crippen LogP contribution in [0, 0.1) is 11.6 Å². The summed E-state index contributed by atoms with van der Waals surface area (Å²) < 4.78 is 57.6. The van der Waals surface area contributed by atoms with Crippen molar-refractivity contribution in [1.29, 1.82) is 0 Å². The van der Waals surface area contributed by atoms with Gasteiger partial charge in [-0.2, -0.15) is 0 Å². The Balaban J connectivity index is 2.34. The molecule has 28 heavy (non-hydrogen) atoms. The van der Waals surface area contributed by atoms with Crippen LogP contribution in [0.1, 0.15) is 15.9 Å². The summed E-state index contributed by atoms with van der Waals surface area (Å²) in [6.07, 6.45) is 0. The molecule has 0 bridgehead atoms. The number of sulfonamides is 1. The maximum atomic E-state index is 13.7. The molecule has 0 amide bonds. The highest BCUT2D eigenvalue weighted by molar-refractivity contribution is 7.89. The number of carbonyl (C=O) groups is 1. The number of nitrogens with one attached hydrogen (secondary N) is 1. The van der Waals surface area contributed by atoms with Crippen LogP contribution in [-0.2, 0) is 21.4 Å². The van der Waals surface area contributed by atoms with Crippen molar-refractivity contribution in [2.24, 2.45) is 0 Å². The van der Waals surface area contributed by atoms with Gasteiger partial charge in [-0.1, -0.05) is 12.1 Å². The number of esters is 1. The van der Waals surface area contributed by atoms with E-state index in [1.165, 1.54) is 38.4 Å². The Hall–Kier alpha value is -2.56. The fourth-order valence-electron chi connectivity index (χ4n) is 2.29. The van der Waals surface area contributed by atoms with E-state index < -0.39 is 34.2 Å². The number of hydrogen-bond donors (Lipinski definition) is 2. The minimum Gasteiger partial charge on any atom is -0.457 e. The topological polar surface area (TPSA) is 95.9 Å². The zero-order valence-corrected chi connectivity index (χ0v) is 16.1. The zero-order valence-electron chi connectivity index (χ0n) is 15.3. The highest BCUT2D eigenvalue weighted by atomic mass is 32.2. The summed E-state index contributed by atoms with van der Waals surface area (Å²) in [6.45, 7) is -0.647. The van der Waals surface area contributed by atoms with Crippen LogP contribution < -0.4 is 5.32 Å². The normalized spacial score (nSPS) is 11.5. The molecule has 0 fully saturated rings. The second-order valence-corrected chi connectivity index (χ2v) is 8.09. The molecule has 2 aromatic rings. The van der Waals surface area contributed by atoms with Crippen LogP contribution in [0.25, 0.3) is 0 Å². The molecule has 10 heteroatoms. The standard InChI is InChI=1S/C18H20F2N2O5S/c1-22(2)28(25,26)13-6-7-16(21-8-9-23)14(10-13)18(24)27-11-12-4-3-5-15(19)17(12)20/h3-7,10,21,23H,8-9,11H2,1-2H3. The number of aliphatic hydroxyl groups is 1. The third-order valence-corrected chi connectivity index (χ3v) is 5.62. The van der Waals surface area contributed by atoms with Gasteiger partial charge in [-0.25, -0.2) is 26.3 Å². The summed E-state index contributed by atoms with van der Waals surface area (Å²) in [4.78, 5) is 12.4. The first-order valence-corrected chi connectivity index (χ1v) is 9.63. The maximum absolute atomic E-state index is 13.7. The smallest absolute Gasteiger partial charge is 0.340 e. The van der Waals surface area contributed by atoms with Gasteiger partial charge in [-0.15, -0.1) is 0 Å².